The van der Waals surface area contributed by atoms with Crippen molar-refractivity contribution < 1.29 is 4.79 Å². The summed E-state index contributed by atoms with van der Waals surface area (Å²) in [6.07, 6.45) is 0.263. The summed E-state index contributed by atoms with van der Waals surface area (Å²) in [6.45, 7) is 1.79. The number of benzene rings is 1. The van der Waals surface area contributed by atoms with E-state index in [2.05, 4.69) is 0 Å². The van der Waals surface area contributed by atoms with Gasteiger partial charge in [0.15, 0.2) is 0 Å². The van der Waals surface area contributed by atoms with E-state index in [4.69, 9.17) is 34.2 Å². The standard InChI is InChI=1S/C12H13Cl2N3O/c1-7(3-4-15)17(2)12(18)8-5-9(13)11(16)10(14)6-8/h5-7H,3,16H2,1-2H3. The minimum Gasteiger partial charge on any atom is -0.396 e. The van der Waals surface area contributed by atoms with Gasteiger partial charge in [0.1, 0.15) is 0 Å². The van der Waals surface area contributed by atoms with Crippen molar-refractivity contribution in [2.75, 3.05) is 12.8 Å². The van der Waals surface area contributed by atoms with Gasteiger partial charge in [-0.3, -0.25) is 4.79 Å². The second kappa shape index (κ2) is 5.94. The highest BCUT2D eigenvalue weighted by molar-refractivity contribution is 6.39. The highest BCUT2D eigenvalue weighted by Gasteiger charge is 2.19. The molecule has 0 aromatic heterocycles. The zero-order chi connectivity index (χ0) is 13.9. The lowest BCUT2D eigenvalue weighted by atomic mass is 10.1. The summed E-state index contributed by atoms with van der Waals surface area (Å²) in [4.78, 5) is 13.6. The Morgan fingerprint density at radius 2 is 2.00 bits per heavy atom. The van der Waals surface area contributed by atoms with Crippen LogP contribution in [-0.4, -0.2) is 23.9 Å². The van der Waals surface area contributed by atoms with Crippen LogP contribution in [0.15, 0.2) is 12.1 Å². The Hall–Kier alpha value is -1.44. The fourth-order valence-corrected chi connectivity index (χ4v) is 1.87. The van der Waals surface area contributed by atoms with Crippen LogP contribution in [0.1, 0.15) is 23.7 Å². The summed E-state index contributed by atoms with van der Waals surface area (Å²) < 4.78 is 0. The van der Waals surface area contributed by atoms with Gasteiger partial charge in [0.2, 0.25) is 0 Å². The Labute approximate surface area is 116 Å². The van der Waals surface area contributed by atoms with E-state index >= 15 is 0 Å². The molecule has 0 aliphatic rings. The number of rotatable bonds is 3. The van der Waals surface area contributed by atoms with Crippen LogP contribution < -0.4 is 5.73 Å². The van der Waals surface area contributed by atoms with Crippen molar-refractivity contribution in [2.45, 2.75) is 19.4 Å². The Balaban J connectivity index is 3.01. The molecule has 0 heterocycles. The molecule has 0 bridgehead atoms. The SMILES string of the molecule is CC(CC#N)N(C)C(=O)c1cc(Cl)c(N)c(Cl)c1. The number of amides is 1. The zero-order valence-electron chi connectivity index (χ0n) is 10.1. The van der Waals surface area contributed by atoms with Gasteiger partial charge in [0.05, 0.1) is 28.2 Å². The molecule has 6 heteroatoms. The van der Waals surface area contributed by atoms with Crippen LogP contribution in [0.3, 0.4) is 0 Å². The van der Waals surface area contributed by atoms with E-state index in [0.29, 0.717) is 5.56 Å². The number of nitrogen functional groups attached to an aromatic ring is 1. The van der Waals surface area contributed by atoms with Crippen LogP contribution in [0.25, 0.3) is 0 Å². The second-order valence-corrected chi connectivity index (χ2v) is 4.80. The van der Waals surface area contributed by atoms with Crippen molar-refractivity contribution in [1.29, 1.82) is 5.26 Å². The Morgan fingerprint density at radius 1 is 1.50 bits per heavy atom. The van der Waals surface area contributed by atoms with Crippen molar-refractivity contribution in [3.8, 4) is 6.07 Å². The van der Waals surface area contributed by atoms with Gasteiger partial charge in [0, 0.05) is 18.7 Å². The molecule has 0 spiro atoms. The van der Waals surface area contributed by atoms with Gasteiger partial charge >= 0.3 is 0 Å². The summed E-state index contributed by atoms with van der Waals surface area (Å²) in [7, 11) is 1.63. The molecule has 1 unspecified atom stereocenters. The van der Waals surface area contributed by atoms with Gasteiger partial charge in [-0.25, -0.2) is 0 Å². The Bertz CT molecular complexity index is 488. The average molecular weight is 286 g/mol. The lowest BCUT2D eigenvalue weighted by Gasteiger charge is -2.23. The first-order valence-electron chi connectivity index (χ1n) is 5.27. The number of nitrogens with zero attached hydrogens (tertiary/aromatic N) is 2. The van der Waals surface area contributed by atoms with Gasteiger partial charge in [0.25, 0.3) is 5.91 Å². The zero-order valence-corrected chi connectivity index (χ0v) is 11.6. The number of nitriles is 1. The molecule has 1 rings (SSSR count). The minimum absolute atomic E-state index is 0.183. The first-order valence-corrected chi connectivity index (χ1v) is 6.02. The number of hydrogen-bond donors (Lipinski definition) is 1. The quantitative estimate of drug-likeness (QED) is 0.868. The molecule has 0 aliphatic heterocycles. The highest BCUT2D eigenvalue weighted by Crippen LogP contribution is 2.29. The van der Waals surface area contributed by atoms with Gasteiger partial charge in [-0.1, -0.05) is 23.2 Å². The van der Waals surface area contributed by atoms with Crippen LogP contribution in [0.2, 0.25) is 10.0 Å². The molecule has 96 valence electrons. The van der Waals surface area contributed by atoms with Crippen LogP contribution >= 0.6 is 23.2 Å². The van der Waals surface area contributed by atoms with E-state index in [1.165, 1.54) is 17.0 Å². The predicted octanol–water partition coefficient (Wildman–Crippen LogP) is 2.95. The molecule has 4 nitrogen and oxygen atoms in total. The number of carbonyl (C=O) groups excluding carboxylic acids is 1. The van der Waals surface area contributed by atoms with E-state index in [1.807, 2.05) is 6.07 Å². The molecule has 0 saturated heterocycles. The second-order valence-electron chi connectivity index (χ2n) is 3.98. The lowest BCUT2D eigenvalue weighted by molar-refractivity contribution is 0.0746. The third kappa shape index (κ3) is 3.06. The first-order chi connectivity index (χ1) is 8.38. The van der Waals surface area contributed by atoms with Gasteiger partial charge in [-0.15, -0.1) is 0 Å². The van der Waals surface area contributed by atoms with Gasteiger partial charge < -0.3 is 10.6 Å². The molecule has 0 saturated carbocycles. The fraction of sp³-hybridized carbons (Fsp3) is 0.333. The normalized spacial score (nSPS) is 11.7. The predicted molar refractivity (Wildman–Crippen MR) is 72.7 cm³/mol. The third-order valence-corrected chi connectivity index (χ3v) is 3.32. The van der Waals surface area contributed by atoms with Crippen molar-refractivity contribution in [3.63, 3.8) is 0 Å². The monoisotopic (exact) mass is 285 g/mol. The highest BCUT2D eigenvalue weighted by atomic mass is 35.5. The summed E-state index contributed by atoms with van der Waals surface area (Å²) >= 11 is 11.8. The van der Waals surface area contributed by atoms with Crippen LogP contribution in [0.5, 0.6) is 0 Å². The molecular weight excluding hydrogens is 273 g/mol. The summed E-state index contributed by atoms with van der Waals surface area (Å²) in [5.74, 6) is -0.249. The molecule has 1 aromatic carbocycles. The van der Waals surface area contributed by atoms with E-state index in [9.17, 15) is 4.79 Å². The minimum atomic E-state index is -0.249. The lowest BCUT2D eigenvalue weighted by Crippen LogP contribution is -2.34. The Morgan fingerprint density at radius 3 is 2.44 bits per heavy atom. The fourth-order valence-electron chi connectivity index (χ4n) is 1.38. The first kappa shape index (κ1) is 14.6. The maximum Gasteiger partial charge on any atom is 0.253 e. The maximum absolute atomic E-state index is 12.1. The average Bonchev–Trinajstić information content (AvgIpc) is 2.33. The molecule has 0 radical (unpaired) electrons. The summed E-state index contributed by atoms with van der Waals surface area (Å²) in [6, 6.07) is 4.78. The van der Waals surface area contributed by atoms with Crippen LogP contribution in [0.4, 0.5) is 5.69 Å². The topological polar surface area (TPSA) is 70.1 Å². The number of anilines is 1. The smallest absolute Gasteiger partial charge is 0.253 e. The number of hydrogen-bond acceptors (Lipinski definition) is 3. The summed E-state index contributed by atoms with van der Waals surface area (Å²) in [5.41, 5.74) is 6.21. The molecule has 2 N–H and O–H groups in total. The van der Waals surface area contributed by atoms with Crippen molar-refractivity contribution in [2.24, 2.45) is 0 Å². The molecular formula is C12H13Cl2N3O. The maximum atomic E-state index is 12.1. The van der Waals surface area contributed by atoms with Crippen molar-refractivity contribution in [3.05, 3.63) is 27.7 Å². The number of carbonyl (C=O) groups is 1. The molecule has 1 aromatic rings. The molecule has 0 fully saturated rings. The Kier molecular flexibility index (Phi) is 4.83. The van der Waals surface area contributed by atoms with Crippen LogP contribution in [-0.2, 0) is 0 Å². The van der Waals surface area contributed by atoms with Gasteiger partial charge in [-0.2, -0.15) is 5.26 Å². The summed E-state index contributed by atoms with van der Waals surface area (Å²) in [5, 5.41) is 9.10. The largest absolute Gasteiger partial charge is 0.396 e. The third-order valence-electron chi connectivity index (χ3n) is 2.69. The van der Waals surface area contributed by atoms with Crippen LogP contribution in [0, 0.1) is 11.3 Å². The van der Waals surface area contributed by atoms with Gasteiger partial charge in [-0.05, 0) is 19.1 Å². The molecule has 0 aliphatic carbocycles. The molecule has 18 heavy (non-hydrogen) atoms. The van der Waals surface area contributed by atoms with E-state index < -0.39 is 0 Å². The van der Waals surface area contributed by atoms with E-state index in [-0.39, 0.29) is 34.1 Å². The number of halogens is 2. The van der Waals surface area contributed by atoms with Crippen molar-refractivity contribution in [1.82, 2.24) is 4.90 Å². The van der Waals surface area contributed by atoms with E-state index in [1.54, 1.807) is 14.0 Å². The van der Waals surface area contributed by atoms with Crippen molar-refractivity contribution >= 4 is 34.8 Å². The number of nitrogens with two attached hydrogens (primary N) is 1. The molecule has 1 amide bonds. The van der Waals surface area contributed by atoms with E-state index in [0.717, 1.165) is 0 Å². The molecule has 1 atom stereocenters.